The number of rotatable bonds is 2. The SMILES string of the molecule is ClCCN1C[C@H]2COC[C@H]2C1. The minimum absolute atomic E-state index is 0.764. The van der Waals surface area contributed by atoms with E-state index in [0.717, 1.165) is 37.5 Å². The highest BCUT2D eigenvalue weighted by atomic mass is 35.5. The highest BCUT2D eigenvalue weighted by Gasteiger charge is 2.36. The third-order valence-corrected chi connectivity index (χ3v) is 2.89. The van der Waals surface area contributed by atoms with Crippen molar-refractivity contribution in [3.63, 3.8) is 0 Å². The average molecular weight is 176 g/mol. The van der Waals surface area contributed by atoms with Crippen molar-refractivity contribution in [2.24, 2.45) is 11.8 Å². The summed E-state index contributed by atoms with van der Waals surface area (Å²) in [5.74, 6) is 2.37. The number of alkyl halides is 1. The second-order valence-corrected chi connectivity index (χ2v) is 3.88. The van der Waals surface area contributed by atoms with E-state index in [1.807, 2.05) is 0 Å². The van der Waals surface area contributed by atoms with E-state index in [9.17, 15) is 0 Å². The van der Waals surface area contributed by atoms with Crippen LogP contribution in [0.2, 0.25) is 0 Å². The van der Waals surface area contributed by atoms with E-state index in [1.165, 1.54) is 13.1 Å². The predicted molar refractivity (Wildman–Crippen MR) is 45.0 cm³/mol. The van der Waals surface area contributed by atoms with E-state index in [1.54, 1.807) is 0 Å². The molecule has 2 aliphatic heterocycles. The fraction of sp³-hybridized carbons (Fsp3) is 1.00. The normalized spacial score (nSPS) is 37.9. The van der Waals surface area contributed by atoms with Gasteiger partial charge >= 0.3 is 0 Å². The van der Waals surface area contributed by atoms with E-state index in [4.69, 9.17) is 16.3 Å². The van der Waals surface area contributed by atoms with Gasteiger partial charge in [0.2, 0.25) is 0 Å². The van der Waals surface area contributed by atoms with Gasteiger partial charge < -0.3 is 9.64 Å². The molecule has 2 rings (SSSR count). The Morgan fingerprint density at radius 2 is 1.91 bits per heavy atom. The number of fused-ring (bicyclic) bond motifs is 1. The summed E-state index contributed by atoms with van der Waals surface area (Å²) >= 11 is 5.67. The zero-order valence-electron chi connectivity index (χ0n) is 6.63. The summed E-state index contributed by atoms with van der Waals surface area (Å²) in [7, 11) is 0. The third kappa shape index (κ3) is 1.53. The zero-order chi connectivity index (χ0) is 7.68. The highest BCUT2D eigenvalue weighted by Crippen LogP contribution is 2.28. The molecule has 64 valence electrons. The molecule has 0 saturated carbocycles. The van der Waals surface area contributed by atoms with Crippen molar-refractivity contribution in [3.8, 4) is 0 Å². The Morgan fingerprint density at radius 3 is 2.45 bits per heavy atom. The Labute approximate surface area is 72.5 Å². The quantitative estimate of drug-likeness (QED) is 0.576. The lowest BCUT2D eigenvalue weighted by Gasteiger charge is -2.13. The average Bonchev–Trinajstić information content (AvgIpc) is 2.46. The molecule has 0 aromatic heterocycles. The molecule has 2 fully saturated rings. The van der Waals surface area contributed by atoms with Gasteiger partial charge in [0.05, 0.1) is 13.2 Å². The highest BCUT2D eigenvalue weighted by molar-refractivity contribution is 6.18. The second-order valence-electron chi connectivity index (χ2n) is 3.51. The number of hydrogen-bond acceptors (Lipinski definition) is 2. The van der Waals surface area contributed by atoms with Gasteiger partial charge in [0.25, 0.3) is 0 Å². The molecule has 2 nitrogen and oxygen atoms in total. The Bertz CT molecular complexity index is 130. The lowest BCUT2D eigenvalue weighted by atomic mass is 10.0. The van der Waals surface area contributed by atoms with Crippen molar-refractivity contribution in [2.75, 3.05) is 38.7 Å². The van der Waals surface area contributed by atoms with Crippen LogP contribution in [0.15, 0.2) is 0 Å². The van der Waals surface area contributed by atoms with E-state index in [0.29, 0.717) is 0 Å². The standard InChI is InChI=1S/C8H14ClNO/c9-1-2-10-3-7-5-11-6-8(7)4-10/h7-8H,1-6H2/t7-,8+. The first-order chi connectivity index (χ1) is 5.40. The summed E-state index contributed by atoms with van der Waals surface area (Å²) in [4.78, 5) is 2.45. The van der Waals surface area contributed by atoms with Gasteiger partial charge in [0, 0.05) is 37.4 Å². The van der Waals surface area contributed by atoms with Crippen molar-refractivity contribution in [3.05, 3.63) is 0 Å². The first-order valence-corrected chi connectivity index (χ1v) is 4.79. The predicted octanol–water partition coefficient (Wildman–Crippen LogP) is 0.803. The van der Waals surface area contributed by atoms with Crippen LogP contribution in [0.4, 0.5) is 0 Å². The van der Waals surface area contributed by atoms with Gasteiger partial charge in [-0.15, -0.1) is 11.6 Å². The third-order valence-electron chi connectivity index (χ3n) is 2.72. The summed E-state index contributed by atoms with van der Waals surface area (Å²) in [5, 5.41) is 0. The van der Waals surface area contributed by atoms with Crippen LogP contribution in [-0.2, 0) is 4.74 Å². The largest absolute Gasteiger partial charge is 0.381 e. The maximum absolute atomic E-state index is 5.67. The summed E-state index contributed by atoms with van der Waals surface area (Å²) in [6.45, 7) is 5.41. The molecule has 0 N–H and O–H groups in total. The molecular formula is C8H14ClNO. The smallest absolute Gasteiger partial charge is 0.0510 e. The van der Waals surface area contributed by atoms with Gasteiger partial charge in [0.15, 0.2) is 0 Å². The maximum atomic E-state index is 5.67. The number of hydrogen-bond donors (Lipinski definition) is 0. The maximum Gasteiger partial charge on any atom is 0.0510 e. The van der Waals surface area contributed by atoms with E-state index in [2.05, 4.69) is 4.90 Å². The summed E-state index contributed by atoms with van der Waals surface area (Å²) in [5.41, 5.74) is 0. The van der Waals surface area contributed by atoms with Crippen molar-refractivity contribution < 1.29 is 4.74 Å². The molecule has 0 radical (unpaired) electrons. The summed E-state index contributed by atoms with van der Waals surface area (Å²) in [6.07, 6.45) is 0. The fourth-order valence-electron chi connectivity index (χ4n) is 2.09. The van der Waals surface area contributed by atoms with Crippen LogP contribution < -0.4 is 0 Å². The van der Waals surface area contributed by atoms with Crippen molar-refractivity contribution in [2.45, 2.75) is 0 Å². The number of nitrogens with zero attached hydrogens (tertiary/aromatic N) is 1. The van der Waals surface area contributed by atoms with Crippen molar-refractivity contribution in [1.82, 2.24) is 4.90 Å². The van der Waals surface area contributed by atoms with E-state index in [-0.39, 0.29) is 0 Å². The van der Waals surface area contributed by atoms with E-state index >= 15 is 0 Å². The Kier molecular flexibility index (Phi) is 2.35. The minimum Gasteiger partial charge on any atom is -0.381 e. The van der Waals surface area contributed by atoms with Crippen LogP contribution in [0, 0.1) is 11.8 Å². The molecule has 0 amide bonds. The van der Waals surface area contributed by atoms with Crippen molar-refractivity contribution >= 4 is 11.6 Å². The van der Waals surface area contributed by atoms with Crippen LogP contribution >= 0.6 is 11.6 Å². The molecule has 0 spiro atoms. The Morgan fingerprint density at radius 1 is 1.27 bits per heavy atom. The molecule has 2 aliphatic rings. The van der Waals surface area contributed by atoms with Gasteiger partial charge in [-0.05, 0) is 0 Å². The van der Waals surface area contributed by atoms with Gasteiger partial charge in [-0.1, -0.05) is 0 Å². The summed E-state index contributed by atoms with van der Waals surface area (Å²) < 4.78 is 5.38. The van der Waals surface area contributed by atoms with Crippen LogP contribution in [0.5, 0.6) is 0 Å². The van der Waals surface area contributed by atoms with Crippen LogP contribution in [-0.4, -0.2) is 43.6 Å². The topological polar surface area (TPSA) is 12.5 Å². The lowest BCUT2D eigenvalue weighted by molar-refractivity contribution is 0.156. The monoisotopic (exact) mass is 175 g/mol. The first-order valence-electron chi connectivity index (χ1n) is 4.26. The van der Waals surface area contributed by atoms with Crippen LogP contribution in [0.25, 0.3) is 0 Å². The molecule has 0 unspecified atom stereocenters. The van der Waals surface area contributed by atoms with Gasteiger partial charge in [-0.2, -0.15) is 0 Å². The van der Waals surface area contributed by atoms with Crippen molar-refractivity contribution in [1.29, 1.82) is 0 Å². The fourth-order valence-corrected chi connectivity index (χ4v) is 2.33. The number of ether oxygens (including phenoxy) is 1. The number of halogens is 1. The zero-order valence-corrected chi connectivity index (χ0v) is 7.39. The van der Waals surface area contributed by atoms with Crippen LogP contribution in [0.3, 0.4) is 0 Å². The summed E-state index contributed by atoms with van der Waals surface area (Å²) in [6, 6.07) is 0. The molecule has 0 aromatic rings. The first kappa shape index (κ1) is 7.84. The Balaban J connectivity index is 1.84. The molecule has 11 heavy (non-hydrogen) atoms. The van der Waals surface area contributed by atoms with Gasteiger partial charge in [0.1, 0.15) is 0 Å². The molecular weight excluding hydrogens is 162 g/mol. The molecule has 2 atom stereocenters. The minimum atomic E-state index is 0.764. The van der Waals surface area contributed by atoms with Crippen LogP contribution in [0.1, 0.15) is 0 Å². The molecule has 2 saturated heterocycles. The molecule has 0 aromatic carbocycles. The molecule has 0 bridgehead atoms. The number of likely N-dealkylation sites (tertiary alicyclic amines) is 1. The molecule has 2 heterocycles. The molecule has 0 aliphatic carbocycles. The molecule has 3 heteroatoms. The second kappa shape index (κ2) is 3.30. The van der Waals surface area contributed by atoms with Gasteiger partial charge in [-0.25, -0.2) is 0 Å². The van der Waals surface area contributed by atoms with Gasteiger partial charge in [-0.3, -0.25) is 0 Å². The lowest BCUT2D eigenvalue weighted by Crippen LogP contribution is -2.24. The van der Waals surface area contributed by atoms with E-state index < -0.39 is 0 Å². The Hall–Kier alpha value is 0.210.